The summed E-state index contributed by atoms with van der Waals surface area (Å²) < 4.78 is 0. The Morgan fingerprint density at radius 1 is 1.50 bits per heavy atom. The first-order chi connectivity index (χ1) is 7.79. The summed E-state index contributed by atoms with van der Waals surface area (Å²) in [5.74, 6) is 5.73. The van der Waals surface area contributed by atoms with Gasteiger partial charge in [0.1, 0.15) is 6.61 Å². The first-order valence-electron chi connectivity index (χ1n) is 5.26. The van der Waals surface area contributed by atoms with Crippen molar-refractivity contribution < 1.29 is 9.90 Å². The second-order valence-electron chi connectivity index (χ2n) is 3.64. The quantitative estimate of drug-likeness (QED) is 0.783. The van der Waals surface area contributed by atoms with Crippen molar-refractivity contribution in [3.8, 4) is 11.8 Å². The van der Waals surface area contributed by atoms with Crippen molar-refractivity contribution in [3.63, 3.8) is 0 Å². The van der Waals surface area contributed by atoms with Gasteiger partial charge in [0.2, 0.25) is 5.91 Å². The van der Waals surface area contributed by atoms with Crippen molar-refractivity contribution in [2.24, 2.45) is 0 Å². The molecule has 0 bridgehead atoms. The van der Waals surface area contributed by atoms with Gasteiger partial charge < -0.3 is 10.0 Å². The lowest BCUT2D eigenvalue weighted by Crippen LogP contribution is -2.23. The van der Waals surface area contributed by atoms with Crippen LogP contribution in [0.3, 0.4) is 0 Å². The molecule has 0 unspecified atom stereocenters. The number of amides is 1. The van der Waals surface area contributed by atoms with E-state index < -0.39 is 0 Å². The molecule has 4 heteroatoms. The Hall–Kier alpha value is -1.31. The van der Waals surface area contributed by atoms with Gasteiger partial charge in [0, 0.05) is 17.8 Å². The molecule has 84 valence electrons. The molecule has 1 N–H and O–H groups in total. The Bertz CT molecular complexity index is 441. The number of hydrogen-bond donors (Lipinski definition) is 1. The highest BCUT2D eigenvalue weighted by atomic mass is 32.1. The molecule has 1 aromatic heterocycles. The van der Waals surface area contributed by atoms with E-state index in [1.54, 1.807) is 11.3 Å². The van der Waals surface area contributed by atoms with E-state index in [0.29, 0.717) is 13.0 Å². The van der Waals surface area contributed by atoms with Gasteiger partial charge in [0.25, 0.3) is 0 Å². The number of carbonyl (C=O) groups excluding carboxylic acids is 1. The molecule has 0 aromatic carbocycles. The highest BCUT2D eigenvalue weighted by molar-refractivity contribution is 7.12. The summed E-state index contributed by atoms with van der Waals surface area (Å²) in [5, 5.41) is 8.58. The van der Waals surface area contributed by atoms with Crippen molar-refractivity contribution in [2.75, 3.05) is 13.2 Å². The fourth-order valence-electron chi connectivity index (χ4n) is 1.72. The predicted octanol–water partition coefficient (Wildman–Crippen LogP) is 1.21. The standard InChI is InChI=1S/C12H13NO2S/c14-8-2-3-10-5-6-11(16-10)9-13-7-1-4-12(13)15/h5-6,14H,1,4,7-9H2. The maximum Gasteiger partial charge on any atom is 0.222 e. The molecule has 1 aliphatic heterocycles. The molecular weight excluding hydrogens is 222 g/mol. The Labute approximate surface area is 98.7 Å². The number of rotatable bonds is 2. The van der Waals surface area contributed by atoms with E-state index in [1.807, 2.05) is 17.0 Å². The minimum absolute atomic E-state index is 0.113. The molecule has 3 nitrogen and oxygen atoms in total. The van der Waals surface area contributed by atoms with Gasteiger partial charge in [-0.05, 0) is 18.6 Å². The number of hydrogen-bond acceptors (Lipinski definition) is 3. The number of aliphatic hydroxyl groups excluding tert-OH is 1. The van der Waals surface area contributed by atoms with Crippen molar-refractivity contribution in [3.05, 3.63) is 21.9 Å². The van der Waals surface area contributed by atoms with E-state index in [-0.39, 0.29) is 12.5 Å². The third-order valence-corrected chi connectivity index (χ3v) is 3.46. The van der Waals surface area contributed by atoms with E-state index in [4.69, 9.17) is 5.11 Å². The molecule has 16 heavy (non-hydrogen) atoms. The third-order valence-electron chi connectivity index (χ3n) is 2.47. The predicted molar refractivity (Wildman–Crippen MR) is 62.9 cm³/mol. The molecule has 0 radical (unpaired) electrons. The van der Waals surface area contributed by atoms with Gasteiger partial charge in [0.05, 0.1) is 11.4 Å². The van der Waals surface area contributed by atoms with E-state index in [2.05, 4.69) is 11.8 Å². The fraction of sp³-hybridized carbons (Fsp3) is 0.417. The van der Waals surface area contributed by atoms with Crippen LogP contribution in [0.25, 0.3) is 0 Å². The van der Waals surface area contributed by atoms with E-state index in [1.165, 1.54) is 0 Å². The SMILES string of the molecule is O=C1CCCN1Cc1ccc(C#CCO)s1. The number of aliphatic hydroxyl groups is 1. The smallest absolute Gasteiger partial charge is 0.222 e. The molecule has 1 aromatic rings. The molecule has 0 atom stereocenters. The number of carbonyl (C=O) groups is 1. The summed E-state index contributed by atoms with van der Waals surface area (Å²) in [6.07, 6.45) is 1.66. The van der Waals surface area contributed by atoms with Crippen molar-refractivity contribution in [1.82, 2.24) is 4.90 Å². The monoisotopic (exact) mass is 235 g/mol. The molecule has 0 aliphatic carbocycles. The first kappa shape index (κ1) is 11.2. The second-order valence-corrected chi connectivity index (χ2v) is 4.81. The Kier molecular flexibility index (Phi) is 3.60. The Morgan fingerprint density at radius 2 is 2.38 bits per heavy atom. The minimum atomic E-state index is -0.113. The van der Waals surface area contributed by atoms with E-state index in [9.17, 15) is 4.79 Å². The highest BCUT2D eigenvalue weighted by Gasteiger charge is 2.20. The number of likely N-dealkylation sites (tertiary alicyclic amines) is 1. The largest absolute Gasteiger partial charge is 0.384 e. The van der Waals surface area contributed by atoms with Crippen LogP contribution in [0.5, 0.6) is 0 Å². The van der Waals surface area contributed by atoms with Gasteiger partial charge in [-0.1, -0.05) is 11.8 Å². The highest BCUT2D eigenvalue weighted by Crippen LogP contribution is 2.20. The van der Waals surface area contributed by atoms with E-state index in [0.717, 1.165) is 22.7 Å². The molecule has 1 aliphatic rings. The van der Waals surface area contributed by atoms with Gasteiger partial charge >= 0.3 is 0 Å². The van der Waals surface area contributed by atoms with Crippen LogP contribution in [0.4, 0.5) is 0 Å². The summed E-state index contributed by atoms with van der Waals surface area (Å²) in [5.41, 5.74) is 0. The third kappa shape index (κ3) is 2.63. The maximum atomic E-state index is 11.4. The van der Waals surface area contributed by atoms with Gasteiger partial charge in [-0.3, -0.25) is 4.79 Å². The molecule has 0 spiro atoms. The van der Waals surface area contributed by atoms with Crippen LogP contribution < -0.4 is 0 Å². The van der Waals surface area contributed by atoms with Crippen molar-refractivity contribution in [1.29, 1.82) is 0 Å². The van der Waals surface area contributed by atoms with Crippen LogP contribution in [0.15, 0.2) is 12.1 Å². The summed E-state index contributed by atoms with van der Waals surface area (Å²) in [6, 6.07) is 3.93. The number of nitrogens with zero attached hydrogens (tertiary/aromatic N) is 1. The Morgan fingerprint density at radius 3 is 3.06 bits per heavy atom. The summed E-state index contributed by atoms with van der Waals surface area (Å²) in [7, 11) is 0. The Balaban J connectivity index is 1.99. The average molecular weight is 235 g/mol. The van der Waals surface area contributed by atoms with Crippen LogP contribution in [-0.4, -0.2) is 29.1 Å². The van der Waals surface area contributed by atoms with Crippen LogP contribution in [0.1, 0.15) is 22.6 Å². The van der Waals surface area contributed by atoms with Crippen LogP contribution in [-0.2, 0) is 11.3 Å². The zero-order valence-electron chi connectivity index (χ0n) is 8.90. The first-order valence-corrected chi connectivity index (χ1v) is 6.07. The minimum Gasteiger partial charge on any atom is -0.384 e. The summed E-state index contributed by atoms with van der Waals surface area (Å²) >= 11 is 1.58. The lowest BCUT2D eigenvalue weighted by molar-refractivity contribution is -0.128. The average Bonchev–Trinajstić information content (AvgIpc) is 2.87. The lowest BCUT2D eigenvalue weighted by atomic mass is 10.4. The molecule has 2 heterocycles. The molecular formula is C12H13NO2S. The van der Waals surface area contributed by atoms with Crippen LogP contribution >= 0.6 is 11.3 Å². The molecule has 1 saturated heterocycles. The molecule has 1 amide bonds. The zero-order chi connectivity index (χ0) is 11.4. The van der Waals surface area contributed by atoms with E-state index >= 15 is 0 Å². The number of thiophene rings is 1. The van der Waals surface area contributed by atoms with Gasteiger partial charge in [-0.25, -0.2) is 0 Å². The van der Waals surface area contributed by atoms with Crippen molar-refractivity contribution >= 4 is 17.2 Å². The molecule has 0 saturated carbocycles. The van der Waals surface area contributed by atoms with Crippen molar-refractivity contribution in [2.45, 2.75) is 19.4 Å². The summed E-state index contributed by atoms with van der Waals surface area (Å²) in [6.45, 7) is 1.45. The molecule has 2 rings (SSSR count). The fourth-order valence-corrected chi connectivity index (χ4v) is 2.61. The molecule has 1 fully saturated rings. The van der Waals surface area contributed by atoms with Crippen LogP contribution in [0, 0.1) is 11.8 Å². The zero-order valence-corrected chi connectivity index (χ0v) is 9.72. The lowest BCUT2D eigenvalue weighted by Gasteiger charge is -2.13. The second kappa shape index (κ2) is 5.15. The van der Waals surface area contributed by atoms with Gasteiger partial charge in [-0.15, -0.1) is 11.3 Å². The van der Waals surface area contributed by atoms with Gasteiger partial charge in [-0.2, -0.15) is 0 Å². The van der Waals surface area contributed by atoms with Crippen LogP contribution in [0.2, 0.25) is 0 Å². The maximum absolute atomic E-state index is 11.4. The topological polar surface area (TPSA) is 40.5 Å². The normalized spacial score (nSPS) is 15.1. The summed E-state index contributed by atoms with van der Waals surface area (Å²) in [4.78, 5) is 15.4. The van der Waals surface area contributed by atoms with Gasteiger partial charge in [0.15, 0.2) is 0 Å².